The summed E-state index contributed by atoms with van der Waals surface area (Å²) in [6.45, 7) is 20.8. The molecule has 2 nitrogen and oxygen atoms in total. The monoisotopic (exact) mass is 486 g/mol. The van der Waals surface area contributed by atoms with Gasteiger partial charge in [0.05, 0.1) is 12.7 Å². The first-order chi connectivity index (χ1) is 14.5. The highest BCUT2D eigenvalue weighted by molar-refractivity contribution is 5.14. The fraction of sp³-hybridized carbons (Fsp3) is 0.840. The first-order valence-corrected chi connectivity index (χ1v) is 11.3. The number of hydrogen-bond donors (Lipinski definition) is 1. The van der Waals surface area contributed by atoms with Crippen molar-refractivity contribution in [2.45, 2.75) is 98.2 Å². The van der Waals surface area contributed by atoms with Crippen LogP contribution in [-0.2, 0) is 4.74 Å². The van der Waals surface area contributed by atoms with E-state index in [1.54, 1.807) is 0 Å². The number of hydrogen-bond acceptors (Lipinski definition) is 2. The van der Waals surface area contributed by atoms with Gasteiger partial charge < -0.3 is 9.84 Å². The number of halogens is 6. The first kappa shape index (κ1) is 30.0. The van der Waals surface area contributed by atoms with Crippen LogP contribution in [0, 0.1) is 28.1 Å². The molecule has 1 rings (SSSR count). The third-order valence-corrected chi connectivity index (χ3v) is 7.28. The van der Waals surface area contributed by atoms with Gasteiger partial charge in [-0.15, -0.1) is 0 Å². The normalized spacial score (nSPS) is 26.9. The summed E-state index contributed by atoms with van der Waals surface area (Å²) < 4.78 is 87.3. The number of allylic oxidation sites excluding steroid dienone is 1. The van der Waals surface area contributed by atoms with Gasteiger partial charge >= 0.3 is 12.4 Å². The van der Waals surface area contributed by atoms with E-state index >= 15 is 0 Å². The van der Waals surface area contributed by atoms with Crippen LogP contribution in [0.4, 0.5) is 26.3 Å². The molecule has 0 aromatic carbocycles. The summed E-state index contributed by atoms with van der Waals surface area (Å²) in [4.78, 5) is 0. The van der Waals surface area contributed by atoms with Crippen molar-refractivity contribution in [3.8, 4) is 0 Å². The zero-order chi connectivity index (χ0) is 26.3. The summed E-state index contributed by atoms with van der Waals surface area (Å²) in [6, 6.07) is 0. The predicted octanol–water partition coefficient (Wildman–Crippen LogP) is 7.87. The van der Waals surface area contributed by atoms with Gasteiger partial charge in [0.15, 0.2) is 5.60 Å². The van der Waals surface area contributed by atoms with Gasteiger partial charge in [0.1, 0.15) is 0 Å². The van der Waals surface area contributed by atoms with Gasteiger partial charge in [-0.1, -0.05) is 67.7 Å². The SMILES string of the molecule is C=CC(O)(C1CC(OCC(C)(CC(C)(C)C)C(C)(C)C)CC(C(=C)C(F)(F)F)C1)C(F)(F)F. The summed E-state index contributed by atoms with van der Waals surface area (Å²) in [5.74, 6) is -2.81. The minimum Gasteiger partial charge on any atom is -0.378 e. The number of aliphatic hydroxyl groups is 1. The molecule has 1 fully saturated rings. The van der Waals surface area contributed by atoms with Crippen LogP contribution in [0.2, 0.25) is 0 Å². The van der Waals surface area contributed by atoms with Crippen LogP contribution in [0.1, 0.15) is 74.1 Å². The Labute approximate surface area is 194 Å². The lowest BCUT2D eigenvalue weighted by atomic mass is 9.61. The molecule has 0 bridgehead atoms. The maximum atomic E-state index is 13.7. The molecule has 0 aromatic heterocycles. The molecule has 0 heterocycles. The molecular formula is C25H40F6O2. The number of alkyl halides is 6. The zero-order valence-electron chi connectivity index (χ0n) is 20.9. The molecule has 0 aliphatic heterocycles. The second-order valence-electron chi connectivity index (χ2n) is 12.1. The van der Waals surface area contributed by atoms with E-state index in [-0.39, 0.29) is 35.7 Å². The minimum absolute atomic E-state index is 0.0625. The van der Waals surface area contributed by atoms with Crippen molar-refractivity contribution in [1.29, 1.82) is 0 Å². The maximum Gasteiger partial charge on any atom is 0.421 e. The van der Waals surface area contributed by atoms with Crippen molar-refractivity contribution >= 4 is 0 Å². The fourth-order valence-corrected chi connectivity index (χ4v) is 4.80. The highest BCUT2D eigenvalue weighted by Gasteiger charge is 2.59. The van der Waals surface area contributed by atoms with Crippen LogP contribution >= 0.6 is 0 Å². The molecule has 1 saturated carbocycles. The lowest BCUT2D eigenvalue weighted by Gasteiger charge is -2.48. The molecule has 8 heteroatoms. The van der Waals surface area contributed by atoms with E-state index in [0.717, 1.165) is 6.42 Å². The second kappa shape index (κ2) is 9.56. The van der Waals surface area contributed by atoms with Gasteiger partial charge in [0.25, 0.3) is 0 Å². The topological polar surface area (TPSA) is 29.5 Å². The third kappa shape index (κ3) is 7.23. The Bertz CT molecular complexity index is 698. The summed E-state index contributed by atoms with van der Waals surface area (Å²) >= 11 is 0. The van der Waals surface area contributed by atoms with Crippen molar-refractivity contribution in [1.82, 2.24) is 0 Å². The van der Waals surface area contributed by atoms with Gasteiger partial charge in [-0.05, 0) is 47.8 Å². The summed E-state index contributed by atoms with van der Waals surface area (Å²) in [6.07, 6.45) is -10.4. The lowest BCUT2D eigenvalue weighted by Crippen LogP contribution is -2.53. The lowest BCUT2D eigenvalue weighted by molar-refractivity contribution is -0.266. The molecule has 194 valence electrons. The Hall–Kier alpha value is -1.02. The standard InChI is InChI=1S/C25H40F6O2/c1-10-23(32,25(29,30)31)18-11-17(16(2)24(26,27)28)12-19(13-18)33-15-22(9,21(6,7)8)14-20(3,4)5/h10,17-19,32H,1-2,11-15H2,3-9H3. The van der Waals surface area contributed by atoms with E-state index in [1.165, 1.54) is 0 Å². The van der Waals surface area contributed by atoms with Crippen molar-refractivity contribution in [3.05, 3.63) is 24.8 Å². The largest absolute Gasteiger partial charge is 0.421 e. The molecule has 1 aliphatic rings. The van der Waals surface area contributed by atoms with E-state index in [2.05, 4.69) is 33.9 Å². The Morgan fingerprint density at radius 2 is 1.45 bits per heavy atom. The quantitative estimate of drug-likeness (QED) is 0.293. The summed E-state index contributed by atoms with van der Waals surface area (Å²) in [7, 11) is 0. The Morgan fingerprint density at radius 1 is 0.939 bits per heavy atom. The van der Waals surface area contributed by atoms with E-state index < -0.39 is 47.9 Å². The Balaban J connectivity index is 3.27. The zero-order valence-corrected chi connectivity index (χ0v) is 20.9. The molecular weight excluding hydrogens is 446 g/mol. The van der Waals surface area contributed by atoms with Gasteiger partial charge in [0.2, 0.25) is 0 Å². The van der Waals surface area contributed by atoms with Crippen molar-refractivity contribution in [3.63, 3.8) is 0 Å². The van der Waals surface area contributed by atoms with Gasteiger partial charge in [-0.25, -0.2) is 0 Å². The second-order valence-corrected chi connectivity index (χ2v) is 12.1. The Morgan fingerprint density at radius 3 is 1.82 bits per heavy atom. The van der Waals surface area contributed by atoms with Crippen molar-refractivity contribution < 1.29 is 36.2 Å². The molecule has 0 radical (unpaired) electrons. The summed E-state index contributed by atoms with van der Waals surface area (Å²) in [5, 5.41) is 10.4. The van der Waals surface area contributed by atoms with Crippen LogP contribution in [0.15, 0.2) is 24.8 Å². The van der Waals surface area contributed by atoms with Gasteiger partial charge in [-0.2, -0.15) is 26.3 Å². The average Bonchev–Trinajstić information content (AvgIpc) is 2.60. The molecule has 1 aliphatic carbocycles. The van der Waals surface area contributed by atoms with Crippen molar-refractivity contribution in [2.75, 3.05) is 6.61 Å². The smallest absolute Gasteiger partial charge is 0.378 e. The predicted molar refractivity (Wildman–Crippen MR) is 119 cm³/mol. The average molecular weight is 487 g/mol. The number of ether oxygens (including phenoxy) is 1. The highest BCUT2D eigenvalue weighted by Crippen LogP contribution is 2.51. The van der Waals surface area contributed by atoms with Crippen LogP contribution in [0.5, 0.6) is 0 Å². The molecule has 5 atom stereocenters. The third-order valence-electron chi connectivity index (χ3n) is 7.28. The maximum absolute atomic E-state index is 13.7. The van der Waals surface area contributed by atoms with E-state index in [0.29, 0.717) is 6.08 Å². The molecule has 33 heavy (non-hydrogen) atoms. The molecule has 0 saturated heterocycles. The highest BCUT2D eigenvalue weighted by atomic mass is 19.4. The van der Waals surface area contributed by atoms with Crippen LogP contribution in [0.3, 0.4) is 0 Å². The van der Waals surface area contributed by atoms with Crippen LogP contribution < -0.4 is 0 Å². The first-order valence-electron chi connectivity index (χ1n) is 11.3. The van der Waals surface area contributed by atoms with Gasteiger partial charge in [0, 0.05) is 11.5 Å². The molecule has 0 spiro atoms. The number of rotatable bonds is 7. The minimum atomic E-state index is -5.07. The van der Waals surface area contributed by atoms with Crippen LogP contribution in [0.25, 0.3) is 0 Å². The molecule has 5 unspecified atom stereocenters. The molecule has 0 aromatic rings. The fourth-order valence-electron chi connectivity index (χ4n) is 4.80. The summed E-state index contributed by atoms with van der Waals surface area (Å²) in [5.41, 5.74) is -5.07. The van der Waals surface area contributed by atoms with Crippen molar-refractivity contribution in [2.24, 2.45) is 28.1 Å². The molecule has 0 amide bonds. The van der Waals surface area contributed by atoms with Gasteiger partial charge in [-0.3, -0.25) is 0 Å². The van der Waals surface area contributed by atoms with Crippen LogP contribution in [-0.4, -0.2) is 35.8 Å². The molecule has 1 N–H and O–H groups in total. The van der Waals surface area contributed by atoms with E-state index in [9.17, 15) is 31.4 Å². The van der Waals surface area contributed by atoms with E-state index in [1.807, 2.05) is 27.7 Å². The Kier molecular flexibility index (Phi) is 8.69. The van der Waals surface area contributed by atoms with E-state index in [4.69, 9.17) is 4.74 Å².